The van der Waals surface area contributed by atoms with Crippen molar-refractivity contribution in [3.05, 3.63) is 45.3 Å². The van der Waals surface area contributed by atoms with E-state index in [2.05, 4.69) is 31.8 Å². The number of nitrogens with one attached hydrogen (secondary N) is 1. The summed E-state index contributed by atoms with van der Waals surface area (Å²) < 4.78 is 1.05. The summed E-state index contributed by atoms with van der Waals surface area (Å²) in [5.74, 6) is 0. The van der Waals surface area contributed by atoms with E-state index in [1.807, 2.05) is 19.1 Å². The zero-order valence-corrected chi connectivity index (χ0v) is 9.35. The predicted octanol–water partition coefficient (Wildman–Crippen LogP) is 3.66. The highest BCUT2D eigenvalue weighted by molar-refractivity contribution is 9.10. The Labute approximate surface area is 90.9 Å². The van der Waals surface area contributed by atoms with Crippen LogP contribution < -0.4 is 0 Å². The maximum atomic E-state index is 6.90. The van der Waals surface area contributed by atoms with E-state index in [9.17, 15) is 0 Å². The van der Waals surface area contributed by atoms with Crippen LogP contribution in [0.1, 0.15) is 11.3 Å². The molecule has 0 fully saturated rings. The Bertz CT molecular complexity index is 520. The van der Waals surface area contributed by atoms with Gasteiger partial charge in [-0.3, -0.25) is 0 Å². The summed E-state index contributed by atoms with van der Waals surface area (Å²) in [6, 6.07) is 6.08. The van der Waals surface area contributed by atoms with Crippen LogP contribution in [-0.2, 0) is 6.54 Å². The van der Waals surface area contributed by atoms with E-state index in [0.717, 1.165) is 26.6 Å². The van der Waals surface area contributed by atoms with Crippen molar-refractivity contribution in [2.45, 2.75) is 13.5 Å². The van der Waals surface area contributed by atoms with Crippen molar-refractivity contribution in [2.75, 3.05) is 0 Å². The summed E-state index contributed by atoms with van der Waals surface area (Å²) in [4.78, 5) is 6.71. The Hall–Kier alpha value is -1.27. The molecule has 2 nitrogen and oxygen atoms in total. The zero-order chi connectivity index (χ0) is 10.1. The highest BCUT2D eigenvalue weighted by Gasteiger charge is 2.10. The van der Waals surface area contributed by atoms with Crippen LogP contribution in [0, 0.1) is 13.5 Å². The first-order valence-corrected chi connectivity index (χ1v) is 5.11. The smallest absolute Gasteiger partial charge is 0.242 e. The lowest BCUT2D eigenvalue weighted by Gasteiger charge is -1.92. The van der Waals surface area contributed by atoms with Gasteiger partial charge < -0.3 is 9.83 Å². The summed E-state index contributed by atoms with van der Waals surface area (Å²) in [7, 11) is 0. The summed E-state index contributed by atoms with van der Waals surface area (Å²) in [5.41, 5.74) is 3.30. The molecular weight excluding hydrogens is 240 g/mol. The van der Waals surface area contributed by atoms with Crippen molar-refractivity contribution >= 4 is 26.8 Å². The van der Waals surface area contributed by atoms with Crippen LogP contribution in [0.2, 0.25) is 0 Å². The van der Waals surface area contributed by atoms with E-state index in [0.29, 0.717) is 6.54 Å². The second-order valence-electron chi connectivity index (χ2n) is 3.23. The SMILES string of the molecule is [C-]#[N+]Cc1c(C)[nH]c2ccc(Br)cc12. The number of aryl methyl sites for hydroxylation is 1. The van der Waals surface area contributed by atoms with E-state index in [1.54, 1.807) is 0 Å². The molecule has 1 aromatic heterocycles. The molecule has 0 amide bonds. The summed E-state index contributed by atoms with van der Waals surface area (Å²) in [6.07, 6.45) is 0. The van der Waals surface area contributed by atoms with E-state index < -0.39 is 0 Å². The molecule has 0 saturated heterocycles. The lowest BCUT2D eigenvalue weighted by molar-refractivity contribution is 1.19. The molecule has 0 aliphatic carbocycles. The Morgan fingerprint density at radius 2 is 2.29 bits per heavy atom. The molecule has 0 radical (unpaired) electrons. The summed E-state index contributed by atoms with van der Waals surface area (Å²) in [5, 5.41) is 1.15. The van der Waals surface area contributed by atoms with E-state index >= 15 is 0 Å². The van der Waals surface area contributed by atoms with Gasteiger partial charge in [-0.2, -0.15) is 0 Å². The van der Waals surface area contributed by atoms with Gasteiger partial charge in [0, 0.05) is 21.1 Å². The third-order valence-electron chi connectivity index (χ3n) is 2.32. The van der Waals surface area contributed by atoms with Gasteiger partial charge in [-0.05, 0) is 25.1 Å². The van der Waals surface area contributed by atoms with Gasteiger partial charge in [0.15, 0.2) is 0 Å². The number of rotatable bonds is 1. The molecule has 1 heterocycles. The van der Waals surface area contributed by atoms with Crippen molar-refractivity contribution < 1.29 is 0 Å². The maximum Gasteiger partial charge on any atom is 0.242 e. The topological polar surface area (TPSA) is 20.1 Å². The number of fused-ring (bicyclic) bond motifs is 1. The number of aromatic amines is 1. The minimum absolute atomic E-state index is 0.447. The van der Waals surface area contributed by atoms with E-state index in [-0.39, 0.29) is 0 Å². The van der Waals surface area contributed by atoms with E-state index in [4.69, 9.17) is 6.57 Å². The molecule has 0 unspecified atom stereocenters. The number of halogens is 1. The first-order chi connectivity index (χ1) is 6.72. The van der Waals surface area contributed by atoms with Gasteiger partial charge in [0.1, 0.15) is 0 Å². The number of benzene rings is 1. The fourth-order valence-electron chi connectivity index (χ4n) is 1.64. The first-order valence-electron chi connectivity index (χ1n) is 4.32. The van der Waals surface area contributed by atoms with Gasteiger partial charge in [0.05, 0.1) is 5.56 Å². The molecule has 2 rings (SSSR count). The Balaban J connectivity index is 2.74. The molecule has 1 aromatic carbocycles. The third kappa shape index (κ3) is 1.42. The van der Waals surface area contributed by atoms with Gasteiger partial charge >= 0.3 is 0 Å². The second kappa shape index (κ2) is 3.47. The van der Waals surface area contributed by atoms with Crippen molar-refractivity contribution in [1.29, 1.82) is 0 Å². The van der Waals surface area contributed by atoms with Crippen LogP contribution >= 0.6 is 15.9 Å². The Kier molecular flexibility index (Phi) is 2.30. The lowest BCUT2D eigenvalue weighted by Crippen LogP contribution is -1.80. The predicted molar refractivity (Wildman–Crippen MR) is 61.0 cm³/mol. The maximum absolute atomic E-state index is 6.90. The van der Waals surface area contributed by atoms with Crippen molar-refractivity contribution in [3.8, 4) is 0 Å². The number of aromatic nitrogens is 1. The Morgan fingerprint density at radius 3 is 3.00 bits per heavy atom. The summed E-state index contributed by atoms with van der Waals surface area (Å²) >= 11 is 3.44. The summed E-state index contributed by atoms with van der Waals surface area (Å²) in [6.45, 7) is 9.36. The van der Waals surface area contributed by atoms with Gasteiger partial charge in [-0.1, -0.05) is 15.9 Å². The molecule has 1 N–H and O–H groups in total. The highest BCUT2D eigenvalue weighted by atomic mass is 79.9. The van der Waals surface area contributed by atoms with Crippen molar-refractivity contribution in [3.63, 3.8) is 0 Å². The van der Waals surface area contributed by atoms with Crippen LogP contribution in [-0.4, -0.2) is 4.98 Å². The largest absolute Gasteiger partial charge is 0.358 e. The van der Waals surface area contributed by atoms with Gasteiger partial charge in [0.25, 0.3) is 0 Å². The average Bonchev–Trinajstić information content (AvgIpc) is 2.45. The first kappa shape index (κ1) is 9.29. The van der Waals surface area contributed by atoms with Crippen LogP contribution in [0.3, 0.4) is 0 Å². The van der Waals surface area contributed by atoms with Crippen LogP contribution in [0.4, 0.5) is 0 Å². The normalized spacial score (nSPS) is 10.4. The molecule has 0 aliphatic heterocycles. The monoisotopic (exact) mass is 248 g/mol. The standard InChI is InChI=1S/C11H9BrN2/c1-7-10(6-13-2)9-5-8(12)3-4-11(9)14-7/h3-5,14H,6H2,1H3. The molecule has 70 valence electrons. The minimum Gasteiger partial charge on any atom is -0.358 e. The number of nitrogens with zero attached hydrogens (tertiary/aromatic N) is 1. The van der Waals surface area contributed by atoms with Gasteiger partial charge in [-0.25, -0.2) is 6.57 Å². The average molecular weight is 249 g/mol. The molecule has 0 saturated carbocycles. The van der Waals surface area contributed by atoms with Gasteiger partial charge in [-0.15, -0.1) is 0 Å². The molecule has 3 heteroatoms. The fourth-order valence-corrected chi connectivity index (χ4v) is 2.00. The zero-order valence-electron chi connectivity index (χ0n) is 7.76. The molecular formula is C11H9BrN2. The molecule has 0 bridgehead atoms. The molecule has 2 aromatic rings. The third-order valence-corrected chi connectivity index (χ3v) is 2.81. The van der Waals surface area contributed by atoms with E-state index in [1.165, 1.54) is 0 Å². The van der Waals surface area contributed by atoms with Crippen LogP contribution in [0.25, 0.3) is 15.7 Å². The molecule has 0 aliphatic rings. The number of H-pyrrole nitrogens is 1. The van der Waals surface area contributed by atoms with Crippen molar-refractivity contribution in [1.82, 2.24) is 4.98 Å². The quantitative estimate of drug-likeness (QED) is 0.744. The number of hydrogen-bond acceptors (Lipinski definition) is 0. The molecule has 14 heavy (non-hydrogen) atoms. The van der Waals surface area contributed by atoms with Crippen LogP contribution in [0.15, 0.2) is 22.7 Å². The van der Waals surface area contributed by atoms with Gasteiger partial charge in [0.2, 0.25) is 6.54 Å². The fraction of sp³-hybridized carbons (Fsp3) is 0.182. The number of hydrogen-bond donors (Lipinski definition) is 1. The second-order valence-corrected chi connectivity index (χ2v) is 4.15. The molecule has 0 spiro atoms. The highest BCUT2D eigenvalue weighted by Crippen LogP contribution is 2.25. The molecule has 0 atom stereocenters. The van der Waals surface area contributed by atoms with Crippen molar-refractivity contribution in [2.24, 2.45) is 0 Å². The Morgan fingerprint density at radius 1 is 1.50 bits per heavy atom. The lowest BCUT2D eigenvalue weighted by atomic mass is 10.1. The minimum atomic E-state index is 0.447. The van der Waals surface area contributed by atoms with Crippen LogP contribution in [0.5, 0.6) is 0 Å².